The Morgan fingerprint density at radius 1 is 1.86 bits per heavy atom. The summed E-state index contributed by atoms with van der Waals surface area (Å²) in [6.07, 6.45) is 3.80. The molecule has 1 aliphatic heterocycles. The third-order valence-corrected chi connectivity index (χ3v) is 1.16. The number of halogens is 1. The summed E-state index contributed by atoms with van der Waals surface area (Å²) in [5, 5.41) is 2.98. The van der Waals surface area contributed by atoms with E-state index in [0.29, 0.717) is 6.00 Å². The van der Waals surface area contributed by atoms with Crippen LogP contribution < -0.4 is 5.32 Å². The summed E-state index contributed by atoms with van der Waals surface area (Å²) in [4.78, 5) is 1.96. The van der Waals surface area contributed by atoms with Gasteiger partial charge in [0, 0.05) is 12.4 Å². The predicted molar refractivity (Wildman–Crippen MR) is 29.7 cm³/mol. The van der Waals surface area contributed by atoms with Crippen LogP contribution in [0.3, 0.4) is 0 Å². The monoisotopic (exact) mass is 118 g/mol. The van der Waals surface area contributed by atoms with Gasteiger partial charge in [-0.3, -0.25) is 0 Å². The molecular formula is C4H7ClN2. The molecular weight excluding hydrogens is 112 g/mol. The molecule has 0 aromatic carbocycles. The zero-order chi connectivity index (χ0) is 5.11. The Kier molecular flexibility index (Phi) is 1.42. The van der Waals surface area contributed by atoms with Crippen LogP contribution in [0.5, 0.6) is 0 Å². The van der Waals surface area contributed by atoms with Crippen molar-refractivity contribution in [3.8, 4) is 0 Å². The Balaban J connectivity index is 2.28. The molecule has 40 valence electrons. The van der Waals surface area contributed by atoms with Crippen LogP contribution in [0.2, 0.25) is 0 Å². The van der Waals surface area contributed by atoms with Crippen LogP contribution in [-0.2, 0) is 0 Å². The second kappa shape index (κ2) is 2.07. The number of rotatable bonds is 1. The molecule has 0 aliphatic carbocycles. The van der Waals surface area contributed by atoms with E-state index >= 15 is 0 Å². The van der Waals surface area contributed by atoms with Crippen molar-refractivity contribution in [3.05, 3.63) is 12.4 Å². The first-order valence-corrected chi connectivity index (χ1v) is 2.67. The van der Waals surface area contributed by atoms with E-state index in [1.54, 1.807) is 0 Å². The van der Waals surface area contributed by atoms with Crippen molar-refractivity contribution in [2.75, 3.05) is 12.7 Å². The highest BCUT2D eigenvalue weighted by molar-refractivity contribution is 6.17. The summed E-state index contributed by atoms with van der Waals surface area (Å²) in [6, 6.07) is 0.573. The van der Waals surface area contributed by atoms with Crippen LogP contribution in [0.25, 0.3) is 0 Å². The van der Waals surface area contributed by atoms with Gasteiger partial charge in [-0.1, -0.05) is 0 Å². The van der Waals surface area contributed by atoms with Crippen molar-refractivity contribution in [1.82, 2.24) is 10.2 Å². The first-order chi connectivity index (χ1) is 3.43. The molecule has 1 heterocycles. The van der Waals surface area contributed by atoms with E-state index < -0.39 is 0 Å². The first-order valence-electron chi connectivity index (χ1n) is 2.13. The van der Waals surface area contributed by atoms with E-state index in [2.05, 4.69) is 5.32 Å². The molecule has 1 aliphatic rings. The highest BCUT2D eigenvalue weighted by Gasteiger charge is 1.97. The van der Waals surface area contributed by atoms with Gasteiger partial charge < -0.3 is 10.2 Å². The number of hydrogen-bond acceptors (Lipinski definition) is 2. The zero-order valence-electron chi connectivity index (χ0n) is 3.89. The Morgan fingerprint density at radius 3 is 3.00 bits per heavy atom. The predicted octanol–water partition coefficient (Wildman–Crippen LogP) is 0.517. The Hall–Kier alpha value is -0.370. The van der Waals surface area contributed by atoms with Gasteiger partial charge in [0.2, 0.25) is 0 Å². The van der Waals surface area contributed by atoms with E-state index in [9.17, 15) is 0 Å². The third kappa shape index (κ3) is 0.996. The molecule has 0 atom stereocenters. The fraction of sp³-hybridized carbons (Fsp3) is 0.500. The van der Waals surface area contributed by atoms with Gasteiger partial charge in [0.25, 0.3) is 0 Å². The van der Waals surface area contributed by atoms with Crippen LogP contribution >= 0.6 is 11.6 Å². The van der Waals surface area contributed by atoms with Gasteiger partial charge in [-0.15, -0.1) is 11.6 Å². The average molecular weight is 119 g/mol. The van der Waals surface area contributed by atoms with Crippen LogP contribution in [0.4, 0.5) is 0 Å². The van der Waals surface area contributed by atoms with Crippen molar-refractivity contribution in [3.63, 3.8) is 0 Å². The largest absolute Gasteiger partial charge is 0.373 e. The number of hydrogen-bond donors (Lipinski definition) is 1. The molecule has 0 bridgehead atoms. The molecule has 0 radical (unpaired) electrons. The Bertz CT molecular complexity index is 81.8. The summed E-state index contributed by atoms with van der Waals surface area (Å²) in [5.74, 6) is 0. The lowest BCUT2D eigenvalue weighted by Gasteiger charge is -2.07. The van der Waals surface area contributed by atoms with Gasteiger partial charge in [0.05, 0.1) is 12.7 Å². The van der Waals surface area contributed by atoms with Crippen molar-refractivity contribution >= 4 is 11.6 Å². The molecule has 0 fully saturated rings. The van der Waals surface area contributed by atoms with Gasteiger partial charge in [0.1, 0.15) is 0 Å². The van der Waals surface area contributed by atoms with Gasteiger partial charge >= 0.3 is 0 Å². The zero-order valence-corrected chi connectivity index (χ0v) is 4.65. The van der Waals surface area contributed by atoms with Gasteiger partial charge in [-0.2, -0.15) is 0 Å². The molecule has 7 heavy (non-hydrogen) atoms. The standard InChI is InChI=1S/C4H7ClN2/c5-3-7-2-1-6-4-7/h1-2,6H,3-4H2. The first kappa shape index (κ1) is 4.78. The van der Waals surface area contributed by atoms with Gasteiger partial charge in [0.15, 0.2) is 0 Å². The Morgan fingerprint density at radius 2 is 2.71 bits per heavy atom. The second-order valence-corrected chi connectivity index (χ2v) is 1.63. The van der Waals surface area contributed by atoms with Gasteiger partial charge in [-0.25, -0.2) is 0 Å². The quantitative estimate of drug-likeness (QED) is 0.399. The molecule has 2 nitrogen and oxygen atoms in total. The fourth-order valence-corrected chi connectivity index (χ4v) is 0.627. The number of nitrogens with one attached hydrogen (secondary N) is 1. The van der Waals surface area contributed by atoms with E-state index in [0.717, 1.165) is 6.67 Å². The van der Waals surface area contributed by atoms with E-state index in [1.165, 1.54) is 0 Å². The lowest BCUT2D eigenvalue weighted by atomic mass is 10.9. The maximum absolute atomic E-state index is 5.44. The Labute approximate surface area is 47.8 Å². The minimum Gasteiger partial charge on any atom is -0.373 e. The molecule has 0 saturated heterocycles. The second-order valence-electron chi connectivity index (χ2n) is 1.39. The number of nitrogens with zero attached hydrogens (tertiary/aromatic N) is 1. The highest BCUT2D eigenvalue weighted by atomic mass is 35.5. The van der Waals surface area contributed by atoms with Crippen molar-refractivity contribution in [2.24, 2.45) is 0 Å². The molecule has 1 N–H and O–H groups in total. The lowest BCUT2D eigenvalue weighted by molar-refractivity contribution is 0.453. The molecule has 0 saturated carbocycles. The summed E-state index contributed by atoms with van der Waals surface area (Å²) in [7, 11) is 0. The normalized spacial score (nSPS) is 17.6. The molecule has 0 spiro atoms. The van der Waals surface area contributed by atoms with Crippen LogP contribution in [0, 0.1) is 0 Å². The fourth-order valence-electron chi connectivity index (χ4n) is 0.463. The van der Waals surface area contributed by atoms with E-state index in [1.807, 2.05) is 17.3 Å². The van der Waals surface area contributed by atoms with Crippen LogP contribution in [0.1, 0.15) is 0 Å². The average Bonchev–Trinajstić information content (AvgIpc) is 2.14. The highest BCUT2D eigenvalue weighted by Crippen LogP contribution is 1.93. The summed E-state index contributed by atoms with van der Waals surface area (Å²) in [5.41, 5.74) is 0. The van der Waals surface area contributed by atoms with Crippen LogP contribution in [0.15, 0.2) is 12.4 Å². The minimum atomic E-state index is 0.573. The molecule has 0 amide bonds. The summed E-state index contributed by atoms with van der Waals surface area (Å²) < 4.78 is 0. The SMILES string of the molecule is ClCN1C=CNC1. The maximum Gasteiger partial charge on any atom is 0.0941 e. The molecule has 1 rings (SSSR count). The molecule has 0 unspecified atom stereocenters. The third-order valence-electron chi connectivity index (χ3n) is 0.851. The summed E-state index contributed by atoms with van der Waals surface area (Å²) in [6.45, 7) is 0.851. The number of alkyl halides is 1. The minimum absolute atomic E-state index is 0.573. The summed E-state index contributed by atoms with van der Waals surface area (Å²) >= 11 is 5.44. The smallest absolute Gasteiger partial charge is 0.0941 e. The molecule has 0 aromatic heterocycles. The van der Waals surface area contributed by atoms with E-state index in [4.69, 9.17) is 11.6 Å². The topological polar surface area (TPSA) is 15.3 Å². The van der Waals surface area contributed by atoms with Gasteiger partial charge in [-0.05, 0) is 0 Å². The lowest BCUT2D eigenvalue weighted by Crippen LogP contribution is -2.18. The van der Waals surface area contributed by atoms with Crippen molar-refractivity contribution < 1.29 is 0 Å². The van der Waals surface area contributed by atoms with E-state index in [-0.39, 0.29) is 0 Å². The maximum atomic E-state index is 5.44. The van der Waals surface area contributed by atoms with Crippen molar-refractivity contribution in [2.45, 2.75) is 0 Å². The molecule has 3 heteroatoms. The van der Waals surface area contributed by atoms with Crippen LogP contribution in [-0.4, -0.2) is 17.6 Å². The molecule has 0 aromatic rings. The van der Waals surface area contributed by atoms with Crippen molar-refractivity contribution in [1.29, 1.82) is 0 Å².